The quantitative estimate of drug-likeness (QED) is 0.686. The Kier molecular flexibility index (Phi) is 4.25. The van der Waals surface area contributed by atoms with E-state index in [0.29, 0.717) is 12.8 Å². The van der Waals surface area contributed by atoms with Gasteiger partial charge in [0.25, 0.3) is 0 Å². The fourth-order valence-corrected chi connectivity index (χ4v) is 2.77. The van der Waals surface area contributed by atoms with Gasteiger partial charge in [0, 0.05) is 11.6 Å². The fourth-order valence-electron chi connectivity index (χ4n) is 2.77. The van der Waals surface area contributed by atoms with Crippen molar-refractivity contribution in [1.29, 1.82) is 0 Å². The third kappa shape index (κ3) is 4.33. The average Bonchev–Trinajstić information content (AvgIpc) is 2.07. The predicted octanol–water partition coefficient (Wildman–Crippen LogP) is 4.13. The van der Waals surface area contributed by atoms with Gasteiger partial charge in [0.1, 0.15) is 0 Å². The first-order valence-corrected chi connectivity index (χ1v) is 5.83. The van der Waals surface area contributed by atoms with Crippen LogP contribution in [0.2, 0.25) is 0 Å². The molecule has 7 heteroatoms. The van der Waals surface area contributed by atoms with Crippen molar-refractivity contribution in [3.05, 3.63) is 0 Å². The van der Waals surface area contributed by atoms with E-state index in [1.807, 2.05) is 0 Å². The Morgan fingerprint density at radius 3 is 2.11 bits per heavy atom. The summed E-state index contributed by atoms with van der Waals surface area (Å²) >= 11 is 0. The third-order valence-electron chi connectivity index (χ3n) is 3.49. The minimum Gasteiger partial charge on any atom is -0.286 e. The first-order valence-electron chi connectivity index (χ1n) is 5.83. The lowest BCUT2D eigenvalue weighted by Crippen LogP contribution is -2.58. The summed E-state index contributed by atoms with van der Waals surface area (Å²) < 4.78 is 74.9. The second-order valence-corrected chi connectivity index (χ2v) is 5.27. The third-order valence-corrected chi connectivity index (χ3v) is 3.49. The Bertz CT molecular complexity index is 284. The molecule has 1 aliphatic rings. The van der Waals surface area contributed by atoms with Crippen LogP contribution in [-0.2, 0) is 0 Å². The summed E-state index contributed by atoms with van der Waals surface area (Å²) in [6.07, 6.45) is -8.94. The largest absolute Gasteiger partial charge is 0.401 e. The molecule has 0 aliphatic carbocycles. The van der Waals surface area contributed by atoms with Gasteiger partial charge >= 0.3 is 12.4 Å². The SMILES string of the molecule is CC1CCCC(C)(CC(F)(F)F)N1CC(F)(F)F. The molecule has 0 aromatic carbocycles. The van der Waals surface area contributed by atoms with E-state index in [2.05, 4.69) is 0 Å². The van der Waals surface area contributed by atoms with Crippen LogP contribution in [0.3, 0.4) is 0 Å². The monoisotopic (exact) mass is 277 g/mol. The van der Waals surface area contributed by atoms with Crippen LogP contribution in [0, 0.1) is 0 Å². The van der Waals surface area contributed by atoms with Crippen molar-refractivity contribution in [3.63, 3.8) is 0 Å². The molecule has 0 amide bonds. The van der Waals surface area contributed by atoms with Gasteiger partial charge in [-0.2, -0.15) is 26.3 Å². The van der Waals surface area contributed by atoms with Crippen molar-refractivity contribution < 1.29 is 26.3 Å². The Labute approximate surface area is 102 Å². The van der Waals surface area contributed by atoms with E-state index in [9.17, 15) is 26.3 Å². The van der Waals surface area contributed by atoms with Gasteiger partial charge < -0.3 is 0 Å². The van der Waals surface area contributed by atoms with Gasteiger partial charge in [-0.3, -0.25) is 4.90 Å². The molecule has 1 rings (SSSR count). The van der Waals surface area contributed by atoms with Crippen molar-refractivity contribution in [2.45, 2.75) is 63.5 Å². The van der Waals surface area contributed by atoms with Crippen molar-refractivity contribution in [2.75, 3.05) is 6.54 Å². The molecule has 108 valence electrons. The maximum absolute atomic E-state index is 12.5. The lowest BCUT2D eigenvalue weighted by Gasteiger charge is -2.49. The normalized spacial score (nSPS) is 31.7. The zero-order valence-electron chi connectivity index (χ0n) is 10.3. The summed E-state index contributed by atoms with van der Waals surface area (Å²) in [7, 11) is 0. The van der Waals surface area contributed by atoms with Crippen LogP contribution >= 0.6 is 0 Å². The number of hydrogen-bond donors (Lipinski definition) is 0. The molecule has 1 aliphatic heterocycles. The van der Waals surface area contributed by atoms with E-state index in [-0.39, 0.29) is 6.42 Å². The van der Waals surface area contributed by atoms with Gasteiger partial charge in [0.05, 0.1) is 13.0 Å². The van der Waals surface area contributed by atoms with Crippen LogP contribution in [0.1, 0.15) is 39.5 Å². The van der Waals surface area contributed by atoms with Crippen LogP contribution < -0.4 is 0 Å². The maximum atomic E-state index is 12.5. The van der Waals surface area contributed by atoms with Crippen molar-refractivity contribution in [2.24, 2.45) is 0 Å². The molecule has 0 saturated carbocycles. The molecule has 1 saturated heterocycles. The molecule has 0 aromatic rings. The zero-order chi connectivity index (χ0) is 14.2. The molecule has 2 unspecified atom stereocenters. The van der Waals surface area contributed by atoms with Gasteiger partial charge in [0.15, 0.2) is 0 Å². The molecule has 2 atom stereocenters. The summed E-state index contributed by atoms with van der Waals surface area (Å²) in [5, 5.41) is 0. The van der Waals surface area contributed by atoms with Crippen molar-refractivity contribution in [1.82, 2.24) is 4.90 Å². The van der Waals surface area contributed by atoms with Crippen LogP contribution in [0.25, 0.3) is 0 Å². The Morgan fingerprint density at radius 1 is 1.11 bits per heavy atom. The maximum Gasteiger partial charge on any atom is 0.401 e. The van der Waals surface area contributed by atoms with Crippen LogP contribution in [0.4, 0.5) is 26.3 Å². The number of nitrogens with zero attached hydrogens (tertiary/aromatic N) is 1. The summed E-state index contributed by atoms with van der Waals surface area (Å²) in [5.74, 6) is 0. The molecule has 18 heavy (non-hydrogen) atoms. The zero-order valence-corrected chi connectivity index (χ0v) is 10.3. The van der Waals surface area contributed by atoms with Gasteiger partial charge in [-0.1, -0.05) is 6.42 Å². The van der Waals surface area contributed by atoms with Gasteiger partial charge in [0.2, 0.25) is 0 Å². The first-order chi connectivity index (χ1) is 7.93. The Hall–Kier alpha value is -0.460. The second kappa shape index (κ2) is 4.90. The number of likely N-dealkylation sites (tertiary alicyclic amines) is 1. The lowest BCUT2D eigenvalue weighted by atomic mass is 9.82. The average molecular weight is 277 g/mol. The smallest absolute Gasteiger partial charge is 0.286 e. The Balaban J connectivity index is 2.90. The van der Waals surface area contributed by atoms with E-state index in [1.165, 1.54) is 6.92 Å². The highest BCUT2D eigenvalue weighted by atomic mass is 19.4. The van der Waals surface area contributed by atoms with Crippen LogP contribution in [-0.4, -0.2) is 35.4 Å². The second-order valence-electron chi connectivity index (χ2n) is 5.27. The topological polar surface area (TPSA) is 3.24 Å². The number of alkyl halides is 6. The van der Waals surface area contributed by atoms with Crippen molar-refractivity contribution in [3.8, 4) is 0 Å². The lowest BCUT2D eigenvalue weighted by molar-refractivity contribution is -0.200. The number of halogens is 6. The van der Waals surface area contributed by atoms with Gasteiger partial charge in [-0.25, -0.2) is 0 Å². The van der Waals surface area contributed by atoms with E-state index >= 15 is 0 Å². The predicted molar refractivity (Wildman–Crippen MR) is 55.2 cm³/mol. The fraction of sp³-hybridized carbons (Fsp3) is 1.00. The molecule has 1 fully saturated rings. The summed E-state index contributed by atoms with van der Waals surface area (Å²) in [6.45, 7) is 1.56. The number of hydrogen-bond acceptors (Lipinski definition) is 1. The highest BCUT2D eigenvalue weighted by Gasteiger charge is 2.49. The molecule has 0 aromatic heterocycles. The summed E-state index contributed by atoms with van der Waals surface area (Å²) in [6, 6.07) is -0.479. The standard InChI is InChI=1S/C11H17F6N/c1-8-4-3-5-9(2,6-10(12,13)14)18(8)7-11(15,16)17/h8H,3-7H2,1-2H3. The highest BCUT2D eigenvalue weighted by Crippen LogP contribution is 2.41. The molecule has 0 bridgehead atoms. The van der Waals surface area contributed by atoms with Crippen LogP contribution in [0.5, 0.6) is 0 Å². The van der Waals surface area contributed by atoms with Gasteiger partial charge in [-0.15, -0.1) is 0 Å². The summed E-state index contributed by atoms with van der Waals surface area (Å²) in [4.78, 5) is 0.962. The molecular formula is C11H17F6N. The van der Waals surface area contributed by atoms with E-state index in [4.69, 9.17) is 0 Å². The molecule has 1 nitrogen and oxygen atoms in total. The Morgan fingerprint density at radius 2 is 1.67 bits per heavy atom. The molecule has 0 N–H and O–H groups in total. The summed E-state index contributed by atoms with van der Waals surface area (Å²) in [5.41, 5.74) is -1.45. The minimum atomic E-state index is -4.47. The van der Waals surface area contributed by atoms with E-state index in [0.717, 1.165) is 4.90 Å². The van der Waals surface area contributed by atoms with E-state index in [1.54, 1.807) is 6.92 Å². The van der Waals surface area contributed by atoms with Gasteiger partial charge in [-0.05, 0) is 26.7 Å². The van der Waals surface area contributed by atoms with Crippen LogP contribution in [0.15, 0.2) is 0 Å². The van der Waals surface area contributed by atoms with Crippen molar-refractivity contribution >= 4 is 0 Å². The minimum absolute atomic E-state index is 0.146. The number of piperidine rings is 1. The van der Waals surface area contributed by atoms with E-state index < -0.39 is 36.9 Å². The number of rotatable bonds is 2. The molecule has 0 spiro atoms. The first kappa shape index (κ1) is 15.6. The molecule has 1 heterocycles. The molecular weight excluding hydrogens is 260 g/mol. The highest BCUT2D eigenvalue weighted by molar-refractivity contribution is 4.95. The molecule has 0 radical (unpaired) electrons.